The Morgan fingerprint density at radius 1 is 1.69 bits per heavy atom. The van der Waals surface area contributed by atoms with Gasteiger partial charge in [0.15, 0.2) is 3.92 Å². The Kier molecular flexibility index (Phi) is 4.57. The highest BCUT2D eigenvalue weighted by atomic mass is 79.9. The van der Waals surface area contributed by atoms with Gasteiger partial charge in [-0.05, 0) is 15.9 Å². The van der Waals surface area contributed by atoms with E-state index in [1.165, 1.54) is 11.3 Å². The van der Waals surface area contributed by atoms with Crippen LogP contribution in [0.15, 0.2) is 3.92 Å². The summed E-state index contributed by atoms with van der Waals surface area (Å²) in [5.74, 6) is 0. The van der Waals surface area contributed by atoms with Crippen LogP contribution in [-0.4, -0.2) is 41.7 Å². The van der Waals surface area contributed by atoms with Gasteiger partial charge in [0.2, 0.25) is 5.13 Å². The maximum atomic E-state index is 9.27. The maximum absolute atomic E-state index is 9.27. The first-order chi connectivity index (χ1) is 6.22. The lowest BCUT2D eigenvalue weighted by Gasteiger charge is -2.08. The number of hydrogen-bond acceptors (Lipinski definition) is 6. The second-order valence-corrected chi connectivity index (χ2v) is 4.60. The summed E-state index contributed by atoms with van der Waals surface area (Å²) in [6.07, 6.45) is -0.521. The second kappa shape index (κ2) is 5.48. The number of methoxy groups -OCH3 is 1. The number of hydrogen-bond donors (Lipinski definition) is 2. The van der Waals surface area contributed by atoms with E-state index in [0.717, 1.165) is 3.92 Å². The monoisotopic (exact) mass is 267 g/mol. The van der Waals surface area contributed by atoms with Crippen LogP contribution in [-0.2, 0) is 4.74 Å². The molecule has 1 rings (SSSR count). The van der Waals surface area contributed by atoms with Crippen LogP contribution in [0.5, 0.6) is 0 Å². The summed E-state index contributed by atoms with van der Waals surface area (Å²) in [7, 11) is 1.55. The third-order valence-corrected chi connectivity index (χ3v) is 2.56. The van der Waals surface area contributed by atoms with Gasteiger partial charge in [-0.15, -0.1) is 10.2 Å². The average Bonchev–Trinajstić information content (AvgIpc) is 2.49. The molecule has 2 N–H and O–H groups in total. The van der Waals surface area contributed by atoms with Crippen molar-refractivity contribution in [2.24, 2.45) is 0 Å². The molecule has 0 aliphatic carbocycles. The van der Waals surface area contributed by atoms with Crippen LogP contribution < -0.4 is 5.32 Å². The second-order valence-electron chi connectivity index (χ2n) is 2.35. The number of halogens is 1. The first-order valence-electron chi connectivity index (χ1n) is 3.62. The summed E-state index contributed by atoms with van der Waals surface area (Å²) >= 11 is 4.57. The standard InChI is InChI=1S/C6H10BrN3O2S/c1-12-3-4(11)2-8-6-10-9-5(7)13-6/h4,11H,2-3H2,1H3,(H,8,10). The fourth-order valence-corrected chi connectivity index (χ4v) is 1.75. The molecule has 0 saturated heterocycles. The van der Waals surface area contributed by atoms with Crippen molar-refractivity contribution in [2.75, 3.05) is 25.6 Å². The Hall–Kier alpha value is -0.240. The Labute approximate surface area is 88.3 Å². The smallest absolute Gasteiger partial charge is 0.206 e. The number of ether oxygens (including phenoxy) is 1. The van der Waals surface area contributed by atoms with Crippen LogP contribution in [0, 0.1) is 0 Å². The van der Waals surface area contributed by atoms with Crippen molar-refractivity contribution < 1.29 is 9.84 Å². The van der Waals surface area contributed by atoms with Crippen LogP contribution in [0.1, 0.15) is 0 Å². The number of aromatic nitrogens is 2. The number of nitrogens with zero attached hydrogens (tertiary/aromatic N) is 2. The molecule has 0 aliphatic rings. The van der Waals surface area contributed by atoms with E-state index in [1.807, 2.05) is 0 Å². The van der Waals surface area contributed by atoms with Crippen LogP contribution in [0.25, 0.3) is 0 Å². The summed E-state index contributed by atoms with van der Waals surface area (Å²) < 4.78 is 5.48. The Morgan fingerprint density at radius 3 is 3.00 bits per heavy atom. The summed E-state index contributed by atoms with van der Waals surface area (Å²) in [5.41, 5.74) is 0. The number of nitrogens with one attached hydrogen (secondary N) is 1. The molecule has 13 heavy (non-hydrogen) atoms. The molecule has 1 heterocycles. The highest BCUT2D eigenvalue weighted by molar-refractivity contribution is 9.11. The minimum Gasteiger partial charge on any atom is -0.389 e. The molecule has 0 fully saturated rings. The lowest BCUT2D eigenvalue weighted by Crippen LogP contribution is -2.24. The van der Waals surface area contributed by atoms with E-state index in [2.05, 4.69) is 31.4 Å². The van der Waals surface area contributed by atoms with Gasteiger partial charge in [0.05, 0.1) is 12.7 Å². The van der Waals surface area contributed by atoms with Crippen molar-refractivity contribution in [1.82, 2.24) is 10.2 Å². The molecule has 5 nitrogen and oxygen atoms in total. The molecule has 1 aromatic rings. The third-order valence-electron chi connectivity index (χ3n) is 1.25. The first-order valence-corrected chi connectivity index (χ1v) is 5.23. The van der Waals surface area contributed by atoms with Gasteiger partial charge in [0.1, 0.15) is 0 Å². The number of aliphatic hydroxyl groups is 1. The van der Waals surface area contributed by atoms with Crippen molar-refractivity contribution >= 4 is 32.4 Å². The molecule has 0 aromatic carbocycles. The highest BCUT2D eigenvalue weighted by Gasteiger charge is 2.05. The molecule has 7 heteroatoms. The van der Waals surface area contributed by atoms with Gasteiger partial charge in [-0.3, -0.25) is 0 Å². The topological polar surface area (TPSA) is 67.3 Å². The van der Waals surface area contributed by atoms with Crippen LogP contribution in [0.2, 0.25) is 0 Å². The lowest BCUT2D eigenvalue weighted by molar-refractivity contribution is 0.0727. The van der Waals surface area contributed by atoms with Gasteiger partial charge in [0.25, 0.3) is 0 Å². The van der Waals surface area contributed by atoms with Crippen molar-refractivity contribution in [3.8, 4) is 0 Å². The fraction of sp³-hybridized carbons (Fsp3) is 0.667. The van der Waals surface area contributed by atoms with Crippen LogP contribution in [0.3, 0.4) is 0 Å². The molecule has 1 aromatic heterocycles. The van der Waals surface area contributed by atoms with Gasteiger partial charge < -0.3 is 15.2 Å². The van der Waals surface area contributed by atoms with Crippen molar-refractivity contribution in [1.29, 1.82) is 0 Å². The van der Waals surface area contributed by atoms with E-state index in [1.54, 1.807) is 7.11 Å². The van der Waals surface area contributed by atoms with Crippen molar-refractivity contribution in [3.63, 3.8) is 0 Å². The molecule has 0 bridgehead atoms. The predicted octanol–water partition coefficient (Wildman–Crippen LogP) is 0.720. The minimum absolute atomic E-state index is 0.312. The maximum Gasteiger partial charge on any atom is 0.206 e. The van der Waals surface area contributed by atoms with E-state index < -0.39 is 6.10 Å². The Bertz CT molecular complexity index is 258. The molecule has 0 aliphatic heterocycles. The van der Waals surface area contributed by atoms with Crippen LogP contribution in [0.4, 0.5) is 5.13 Å². The van der Waals surface area contributed by atoms with E-state index in [4.69, 9.17) is 4.74 Å². The average molecular weight is 268 g/mol. The van der Waals surface area contributed by atoms with E-state index in [0.29, 0.717) is 18.3 Å². The molecule has 1 unspecified atom stereocenters. The molecule has 1 atom stereocenters. The molecule has 0 saturated carbocycles. The lowest BCUT2D eigenvalue weighted by atomic mass is 10.4. The van der Waals surface area contributed by atoms with Gasteiger partial charge in [-0.25, -0.2) is 0 Å². The minimum atomic E-state index is -0.521. The summed E-state index contributed by atoms with van der Waals surface area (Å²) in [4.78, 5) is 0. The SMILES string of the molecule is COCC(O)CNc1nnc(Br)s1. The van der Waals surface area contributed by atoms with E-state index in [-0.39, 0.29) is 0 Å². The molecule has 0 spiro atoms. The fourth-order valence-electron chi connectivity index (χ4n) is 0.733. The summed E-state index contributed by atoms with van der Waals surface area (Å²) in [6, 6.07) is 0. The van der Waals surface area contributed by atoms with Crippen molar-refractivity contribution in [3.05, 3.63) is 3.92 Å². The zero-order chi connectivity index (χ0) is 9.68. The Morgan fingerprint density at radius 2 is 2.46 bits per heavy atom. The quantitative estimate of drug-likeness (QED) is 0.823. The largest absolute Gasteiger partial charge is 0.389 e. The van der Waals surface area contributed by atoms with Gasteiger partial charge >= 0.3 is 0 Å². The van der Waals surface area contributed by atoms with E-state index >= 15 is 0 Å². The first kappa shape index (κ1) is 10.8. The van der Waals surface area contributed by atoms with Gasteiger partial charge in [-0.2, -0.15) is 0 Å². The number of rotatable bonds is 5. The zero-order valence-electron chi connectivity index (χ0n) is 7.03. The zero-order valence-corrected chi connectivity index (χ0v) is 9.43. The molecule has 0 radical (unpaired) electrons. The highest BCUT2D eigenvalue weighted by Crippen LogP contribution is 2.19. The summed E-state index contributed by atoms with van der Waals surface area (Å²) in [5, 5.41) is 20.4. The number of anilines is 1. The third kappa shape index (κ3) is 3.99. The predicted molar refractivity (Wildman–Crippen MR) is 54.0 cm³/mol. The number of aliphatic hydroxyl groups excluding tert-OH is 1. The van der Waals surface area contributed by atoms with Crippen molar-refractivity contribution in [2.45, 2.75) is 6.10 Å². The molecule has 0 amide bonds. The normalized spacial score (nSPS) is 12.8. The molecule has 74 valence electrons. The van der Waals surface area contributed by atoms with E-state index in [9.17, 15) is 5.11 Å². The van der Waals surface area contributed by atoms with Gasteiger partial charge in [-0.1, -0.05) is 11.3 Å². The summed E-state index contributed by atoms with van der Waals surface area (Å²) in [6.45, 7) is 0.725. The molecular formula is C6H10BrN3O2S. The van der Waals surface area contributed by atoms with Crippen LogP contribution >= 0.6 is 27.3 Å². The Balaban J connectivity index is 2.26. The van der Waals surface area contributed by atoms with Gasteiger partial charge in [0, 0.05) is 13.7 Å². The molecular weight excluding hydrogens is 258 g/mol.